The van der Waals surface area contributed by atoms with Crippen LogP contribution in [0, 0.1) is 5.92 Å². The number of nitrogens with zero attached hydrogens (tertiary/aromatic N) is 2. The first-order valence-electron chi connectivity index (χ1n) is 6.30. The van der Waals surface area contributed by atoms with Crippen LogP contribution in [0.25, 0.3) is 0 Å². The summed E-state index contributed by atoms with van der Waals surface area (Å²) >= 11 is 0. The van der Waals surface area contributed by atoms with E-state index < -0.39 is 0 Å². The quantitative estimate of drug-likeness (QED) is 0.818. The predicted octanol–water partition coefficient (Wildman–Crippen LogP) is 1.07. The molecular formula is C14H15N3O2. The first kappa shape index (κ1) is 11.9. The SMILES string of the molecule is CC(=O)N(C)c1ccc2c(c1)CC1CC(=O)NN=C21. The second kappa shape index (κ2) is 4.19. The number of amides is 2. The zero-order chi connectivity index (χ0) is 13.6. The van der Waals surface area contributed by atoms with Crippen LogP contribution in [0.2, 0.25) is 0 Å². The molecule has 1 atom stereocenters. The zero-order valence-corrected chi connectivity index (χ0v) is 10.9. The minimum Gasteiger partial charge on any atom is -0.316 e. The van der Waals surface area contributed by atoms with Gasteiger partial charge in [-0.1, -0.05) is 6.07 Å². The standard InChI is InChI=1S/C14H15N3O2/c1-8(18)17(2)11-3-4-12-9(6-11)5-10-7-13(19)15-16-14(10)12/h3-4,6,10H,5,7H2,1-2H3,(H,15,19). The van der Waals surface area contributed by atoms with Crippen LogP contribution in [0.15, 0.2) is 23.3 Å². The number of hydrogen-bond acceptors (Lipinski definition) is 3. The fraction of sp³-hybridized carbons (Fsp3) is 0.357. The fourth-order valence-corrected chi connectivity index (χ4v) is 2.68. The molecule has 1 aromatic rings. The Kier molecular flexibility index (Phi) is 2.62. The van der Waals surface area contributed by atoms with E-state index in [2.05, 4.69) is 10.5 Å². The van der Waals surface area contributed by atoms with Gasteiger partial charge in [0.1, 0.15) is 0 Å². The average Bonchev–Trinajstić information content (AvgIpc) is 2.73. The Labute approximate surface area is 111 Å². The van der Waals surface area contributed by atoms with E-state index >= 15 is 0 Å². The third-order valence-corrected chi connectivity index (χ3v) is 3.81. The zero-order valence-electron chi connectivity index (χ0n) is 10.9. The Bertz CT molecular complexity index is 607. The van der Waals surface area contributed by atoms with E-state index in [1.54, 1.807) is 18.9 Å². The highest BCUT2D eigenvalue weighted by atomic mass is 16.2. The Hall–Kier alpha value is -2.17. The van der Waals surface area contributed by atoms with Gasteiger partial charge in [0.05, 0.1) is 5.71 Å². The summed E-state index contributed by atoms with van der Waals surface area (Å²) in [5.74, 6) is 0.161. The number of carbonyl (C=O) groups is 2. The third-order valence-electron chi connectivity index (χ3n) is 3.81. The number of hydrazone groups is 1. The topological polar surface area (TPSA) is 61.8 Å². The average molecular weight is 257 g/mol. The van der Waals surface area contributed by atoms with Crippen LogP contribution in [-0.2, 0) is 16.0 Å². The molecule has 0 bridgehead atoms. The predicted molar refractivity (Wildman–Crippen MR) is 72.0 cm³/mol. The van der Waals surface area contributed by atoms with Crippen molar-refractivity contribution in [3.8, 4) is 0 Å². The van der Waals surface area contributed by atoms with Crippen LogP contribution in [0.4, 0.5) is 5.69 Å². The van der Waals surface area contributed by atoms with Crippen molar-refractivity contribution >= 4 is 23.2 Å². The largest absolute Gasteiger partial charge is 0.316 e. The van der Waals surface area contributed by atoms with Gasteiger partial charge in [0.15, 0.2) is 0 Å². The smallest absolute Gasteiger partial charge is 0.240 e. The molecule has 1 aromatic carbocycles. The van der Waals surface area contributed by atoms with Gasteiger partial charge < -0.3 is 4.90 Å². The molecule has 0 aromatic heterocycles. The van der Waals surface area contributed by atoms with Gasteiger partial charge >= 0.3 is 0 Å². The molecule has 1 heterocycles. The van der Waals surface area contributed by atoms with E-state index in [1.165, 1.54) is 0 Å². The fourth-order valence-electron chi connectivity index (χ4n) is 2.68. The lowest BCUT2D eigenvalue weighted by Gasteiger charge is -2.16. The highest BCUT2D eigenvalue weighted by Crippen LogP contribution is 2.33. The van der Waals surface area contributed by atoms with Crippen molar-refractivity contribution in [2.24, 2.45) is 11.0 Å². The Morgan fingerprint density at radius 2 is 2.21 bits per heavy atom. The van der Waals surface area contributed by atoms with Crippen molar-refractivity contribution < 1.29 is 9.59 Å². The van der Waals surface area contributed by atoms with E-state index in [1.807, 2.05) is 18.2 Å². The Balaban J connectivity index is 1.97. The van der Waals surface area contributed by atoms with Gasteiger partial charge in [0.2, 0.25) is 11.8 Å². The maximum atomic E-state index is 11.4. The van der Waals surface area contributed by atoms with Crippen LogP contribution < -0.4 is 10.3 Å². The highest BCUT2D eigenvalue weighted by Gasteiger charge is 2.33. The molecule has 0 radical (unpaired) electrons. The maximum absolute atomic E-state index is 11.4. The number of rotatable bonds is 1. The molecule has 0 saturated heterocycles. The highest BCUT2D eigenvalue weighted by molar-refractivity contribution is 6.09. The molecule has 2 aliphatic rings. The van der Waals surface area contributed by atoms with Gasteiger partial charge in [-0.2, -0.15) is 5.10 Å². The minimum atomic E-state index is -0.0253. The normalized spacial score (nSPS) is 20.2. The molecule has 1 aliphatic carbocycles. The van der Waals surface area contributed by atoms with Crippen LogP contribution in [-0.4, -0.2) is 24.6 Å². The number of anilines is 1. The maximum Gasteiger partial charge on any atom is 0.240 e. The minimum absolute atomic E-state index is 0.00421. The van der Waals surface area contributed by atoms with Crippen LogP contribution in [0.1, 0.15) is 24.5 Å². The van der Waals surface area contributed by atoms with Crippen LogP contribution in [0.3, 0.4) is 0 Å². The number of nitrogens with one attached hydrogen (secondary N) is 1. The van der Waals surface area contributed by atoms with Gasteiger partial charge in [-0.3, -0.25) is 9.59 Å². The summed E-state index contributed by atoms with van der Waals surface area (Å²) < 4.78 is 0. The molecule has 1 aliphatic heterocycles. The van der Waals surface area contributed by atoms with Crippen LogP contribution >= 0.6 is 0 Å². The molecule has 0 spiro atoms. The van der Waals surface area contributed by atoms with E-state index in [0.717, 1.165) is 28.9 Å². The number of benzene rings is 1. The van der Waals surface area contributed by atoms with E-state index in [9.17, 15) is 9.59 Å². The Morgan fingerprint density at radius 3 is 2.95 bits per heavy atom. The summed E-state index contributed by atoms with van der Waals surface area (Å²) in [5.41, 5.74) is 6.63. The van der Waals surface area contributed by atoms with E-state index in [-0.39, 0.29) is 17.7 Å². The lowest BCUT2D eigenvalue weighted by atomic mass is 9.99. The number of fused-ring (bicyclic) bond motifs is 3. The molecule has 0 fully saturated rings. The van der Waals surface area contributed by atoms with Gasteiger partial charge in [-0.15, -0.1) is 0 Å². The molecule has 5 nitrogen and oxygen atoms in total. The molecule has 19 heavy (non-hydrogen) atoms. The summed E-state index contributed by atoms with van der Waals surface area (Å²) in [6.07, 6.45) is 1.31. The van der Waals surface area contributed by atoms with Crippen molar-refractivity contribution in [2.45, 2.75) is 19.8 Å². The molecule has 1 N–H and O–H groups in total. The van der Waals surface area contributed by atoms with Gasteiger partial charge in [0, 0.05) is 37.6 Å². The van der Waals surface area contributed by atoms with Crippen molar-refractivity contribution in [2.75, 3.05) is 11.9 Å². The molecular weight excluding hydrogens is 242 g/mol. The second-order valence-electron chi connectivity index (χ2n) is 5.06. The first-order valence-corrected chi connectivity index (χ1v) is 6.30. The third kappa shape index (κ3) is 1.91. The summed E-state index contributed by atoms with van der Waals surface area (Å²) in [7, 11) is 1.76. The number of hydrogen-bond donors (Lipinski definition) is 1. The first-order chi connectivity index (χ1) is 9.06. The molecule has 3 rings (SSSR count). The molecule has 1 unspecified atom stereocenters. The monoisotopic (exact) mass is 257 g/mol. The molecule has 0 saturated carbocycles. The summed E-state index contributed by atoms with van der Waals surface area (Å²) in [5, 5.41) is 4.16. The van der Waals surface area contributed by atoms with Gasteiger partial charge in [-0.05, 0) is 24.1 Å². The van der Waals surface area contributed by atoms with Gasteiger partial charge in [-0.25, -0.2) is 5.43 Å². The molecule has 5 heteroatoms. The Morgan fingerprint density at radius 1 is 1.42 bits per heavy atom. The van der Waals surface area contributed by atoms with Gasteiger partial charge in [0.25, 0.3) is 0 Å². The van der Waals surface area contributed by atoms with Crippen molar-refractivity contribution in [3.05, 3.63) is 29.3 Å². The summed E-state index contributed by atoms with van der Waals surface area (Å²) in [6, 6.07) is 5.92. The van der Waals surface area contributed by atoms with E-state index in [0.29, 0.717) is 6.42 Å². The van der Waals surface area contributed by atoms with Crippen LogP contribution in [0.5, 0.6) is 0 Å². The van der Waals surface area contributed by atoms with E-state index in [4.69, 9.17) is 0 Å². The summed E-state index contributed by atoms with van der Waals surface area (Å²) in [4.78, 5) is 24.4. The number of carbonyl (C=O) groups excluding carboxylic acids is 2. The van der Waals surface area contributed by atoms with Crippen molar-refractivity contribution in [3.63, 3.8) is 0 Å². The lowest BCUT2D eigenvalue weighted by molar-refractivity contribution is -0.122. The second-order valence-corrected chi connectivity index (χ2v) is 5.06. The lowest BCUT2D eigenvalue weighted by Crippen LogP contribution is -2.31. The van der Waals surface area contributed by atoms with Crippen molar-refractivity contribution in [1.29, 1.82) is 0 Å². The molecule has 98 valence electrons. The summed E-state index contributed by atoms with van der Waals surface area (Å²) in [6.45, 7) is 1.54. The van der Waals surface area contributed by atoms with Crippen molar-refractivity contribution in [1.82, 2.24) is 5.43 Å². The molecule has 2 amide bonds.